The van der Waals surface area contributed by atoms with E-state index < -0.39 is 5.92 Å². The van der Waals surface area contributed by atoms with Crippen LogP contribution in [0.15, 0.2) is 0 Å². The van der Waals surface area contributed by atoms with E-state index in [0.717, 1.165) is 51.6 Å². The predicted octanol–water partition coefficient (Wildman–Crippen LogP) is 6.06. The van der Waals surface area contributed by atoms with Gasteiger partial charge >= 0.3 is 0 Å². The number of hydrogen-bond donors (Lipinski definition) is 0. The minimum atomic E-state index is -2.57. The van der Waals surface area contributed by atoms with E-state index in [1.165, 1.54) is 0 Å². The van der Waals surface area contributed by atoms with Crippen LogP contribution in [0, 0.1) is 5.41 Å². The fourth-order valence-corrected chi connectivity index (χ4v) is 4.15. The van der Waals surface area contributed by atoms with Gasteiger partial charge in [0.2, 0.25) is 0 Å². The quantitative estimate of drug-likeness (QED) is 0.437. The van der Waals surface area contributed by atoms with Crippen molar-refractivity contribution in [2.75, 3.05) is 19.6 Å². The van der Waals surface area contributed by atoms with Gasteiger partial charge in [0, 0.05) is 19.5 Å². The highest BCUT2D eigenvalue weighted by atomic mass is 19.3. The summed E-state index contributed by atoms with van der Waals surface area (Å²) in [5, 5.41) is 0. The number of ether oxygens (including phenoxy) is 2. The first-order chi connectivity index (χ1) is 12.8. The largest absolute Gasteiger partial charge is 0.375 e. The molecular weight excluding hydrogens is 360 g/mol. The topological polar surface area (TPSA) is 21.7 Å². The molecule has 1 saturated carbocycles. The van der Waals surface area contributed by atoms with Gasteiger partial charge in [0.15, 0.2) is 0 Å². The first-order valence-electron chi connectivity index (χ1n) is 11.2. The molecular formula is C23H43F2NO2. The summed E-state index contributed by atoms with van der Waals surface area (Å²) in [6, 6.07) is 0. The highest BCUT2D eigenvalue weighted by Crippen LogP contribution is 2.33. The van der Waals surface area contributed by atoms with Gasteiger partial charge < -0.3 is 9.47 Å². The third-order valence-electron chi connectivity index (χ3n) is 5.67. The molecule has 0 aromatic rings. The van der Waals surface area contributed by atoms with Gasteiger partial charge in [-0.2, -0.15) is 0 Å². The van der Waals surface area contributed by atoms with E-state index in [4.69, 9.17) is 9.47 Å². The van der Waals surface area contributed by atoms with Crippen LogP contribution in [0.2, 0.25) is 0 Å². The van der Waals surface area contributed by atoms with E-state index in [1.807, 2.05) is 4.90 Å². The zero-order chi connectivity index (χ0) is 21.0. The number of halogens is 2. The molecule has 0 aromatic heterocycles. The molecule has 0 N–H and O–H groups in total. The highest BCUT2D eigenvalue weighted by Gasteiger charge is 2.37. The number of likely N-dealkylation sites (tertiary alicyclic amines) is 1. The smallest absolute Gasteiger partial charge is 0.260 e. The van der Waals surface area contributed by atoms with Crippen molar-refractivity contribution in [3.63, 3.8) is 0 Å². The van der Waals surface area contributed by atoms with E-state index in [2.05, 4.69) is 41.5 Å². The van der Waals surface area contributed by atoms with Crippen LogP contribution >= 0.6 is 0 Å². The van der Waals surface area contributed by atoms with Gasteiger partial charge in [-0.3, -0.25) is 4.90 Å². The molecule has 0 aromatic carbocycles. The molecule has 2 fully saturated rings. The van der Waals surface area contributed by atoms with E-state index in [0.29, 0.717) is 12.5 Å². The summed E-state index contributed by atoms with van der Waals surface area (Å²) in [5.74, 6) is -2.57. The zero-order valence-corrected chi connectivity index (χ0v) is 19.0. The molecule has 166 valence electrons. The van der Waals surface area contributed by atoms with Crippen molar-refractivity contribution in [3.8, 4) is 0 Å². The number of piperidine rings is 1. The Morgan fingerprint density at radius 1 is 0.821 bits per heavy atom. The first kappa shape index (κ1) is 24.0. The van der Waals surface area contributed by atoms with Gasteiger partial charge in [0.1, 0.15) is 0 Å². The Morgan fingerprint density at radius 3 is 1.93 bits per heavy atom. The average molecular weight is 404 g/mol. The summed E-state index contributed by atoms with van der Waals surface area (Å²) in [6.07, 6.45) is 6.98. The SMILES string of the molecule is CC(C)(C)CCCCC(F)(F)CN1CCC(OC2CC(OC(C)(C)C)C2)CC1. The summed E-state index contributed by atoms with van der Waals surface area (Å²) in [6.45, 7) is 14.1. The molecule has 0 spiro atoms. The summed E-state index contributed by atoms with van der Waals surface area (Å²) in [4.78, 5) is 1.93. The molecule has 2 rings (SSSR count). The second-order valence-electron chi connectivity index (χ2n) is 11.2. The van der Waals surface area contributed by atoms with Crippen LogP contribution in [0.5, 0.6) is 0 Å². The van der Waals surface area contributed by atoms with Crippen LogP contribution in [0.1, 0.15) is 92.9 Å². The van der Waals surface area contributed by atoms with Crippen molar-refractivity contribution in [1.29, 1.82) is 0 Å². The predicted molar refractivity (Wildman–Crippen MR) is 111 cm³/mol. The van der Waals surface area contributed by atoms with Crippen LogP contribution < -0.4 is 0 Å². The van der Waals surface area contributed by atoms with Crippen LogP contribution in [0.3, 0.4) is 0 Å². The van der Waals surface area contributed by atoms with E-state index in [9.17, 15) is 8.78 Å². The molecule has 0 atom stereocenters. The Bertz CT molecular complexity index is 456. The van der Waals surface area contributed by atoms with E-state index in [1.54, 1.807) is 0 Å². The number of rotatable bonds is 9. The molecule has 1 heterocycles. The Hall–Kier alpha value is -0.260. The van der Waals surface area contributed by atoms with Gasteiger partial charge in [-0.1, -0.05) is 27.2 Å². The molecule has 2 aliphatic rings. The lowest BCUT2D eigenvalue weighted by molar-refractivity contribution is -0.169. The summed E-state index contributed by atoms with van der Waals surface area (Å²) in [7, 11) is 0. The molecule has 3 nitrogen and oxygen atoms in total. The lowest BCUT2D eigenvalue weighted by Gasteiger charge is -2.42. The fourth-order valence-electron chi connectivity index (χ4n) is 4.15. The van der Waals surface area contributed by atoms with Crippen LogP contribution in [0.25, 0.3) is 0 Å². The molecule has 0 unspecified atom stereocenters. The van der Waals surface area contributed by atoms with Crippen molar-refractivity contribution >= 4 is 0 Å². The Labute approximate surface area is 171 Å². The lowest BCUT2D eigenvalue weighted by Crippen LogP contribution is -2.47. The van der Waals surface area contributed by atoms with Crippen LogP contribution in [-0.2, 0) is 9.47 Å². The molecule has 1 saturated heterocycles. The van der Waals surface area contributed by atoms with Gasteiger partial charge in [-0.25, -0.2) is 8.78 Å². The van der Waals surface area contributed by atoms with E-state index >= 15 is 0 Å². The number of unbranched alkanes of at least 4 members (excludes halogenated alkanes) is 1. The van der Waals surface area contributed by atoms with E-state index in [-0.39, 0.29) is 36.2 Å². The van der Waals surface area contributed by atoms with Crippen molar-refractivity contribution in [3.05, 3.63) is 0 Å². The summed E-state index contributed by atoms with van der Waals surface area (Å²) < 4.78 is 40.7. The Morgan fingerprint density at radius 2 is 1.39 bits per heavy atom. The van der Waals surface area contributed by atoms with Crippen LogP contribution in [0.4, 0.5) is 8.78 Å². The zero-order valence-electron chi connectivity index (χ0n) is 19.0. The lowest BCUT2D eigenvalue weighted by atomic mass is 9.89. The monoisotopic (exact) mass is 403 g/mol. The second-order valence-corrected chi connectivity index (χ2v) is 11.2. The third-order valence-corrected chi connectivity index (χ3v) is 5.67. The van der Waals surface area contributed by atoms with Crippen molar-refractivity contribution < 1.29 is 18.3 Å². The van der Waals surface area contributed by atoms with Crippen molar-refractivity contribution in [2.24, 2.45) is 5.41 Å². The third kappa shape index (κ3) is 9.49. The number of alkyl halides is 2. The van der Waals surface area contributed by atoms with Crippen molar-refractivity contribution in [1.82, 2.24) is 4.90 Å². The minimum absolute atomic E-state index is 0.0107. The first-order valence-corrected chi connectivity index (χ1v) is 11.2. The molecule has 0 amide bonds. The van der Waals surface area contributed by atoms with Gasteiger partial charge in [0.25, 0.3) is 5.92 Å². The molecule has 0 bridgehead atoms. The number of hydrogen-bond acceptors (Lipinski definition) is 3. The Kier molecular flexibility index (Phi) is 8.32. The van der Waals surface area contributed by atoms with Gasteiger partial charge in [-0.15, -0.1) is 0 Å². The number of nitrogens with zero attached hydrogens (tertiary/aromatic N) is 1. The maximum absolute atomic E-state index is 14.3. The molecule has 28 heavy (non-hydrogen) atoms. The molecule has 5 heteroatoms. The average Bonchev–Trinajstić information content (AvgIpc) is 2.49. The molecule has 1 aliphatic carbocycles. The van der Waals surface area contributed by atoms with Crippen molar-refractivity contribution in [2.45, 2.75) is 123 Å². The highest BCUT2D eigenvalue weighted by molar-refractivity contribution is 4.86. The van der Waals surface area contributed by atoms with Crippen LogP contribution in [-0.4, -0.2) is 54.4 Å². The second kappa shape index (κ2) is 9.70. The molecule has 0 radical (unpaired) electrons. The maximum Gasteiger partial charge on any atom is 0.260 e. The summed E-state index contributed by atoms with van der Waals surface area (Å²) >= 11 is 0. The Balaban J connectivity index is 1.58. The molecule has 1 aliphatic heterocycles. The van der Waals surface area contributed by atoms with Gasteiger partial charge in [-0.05, 0) is 64.7 Å². The van der Waals surface area contributed by atoms with Gasteiger partial charge in [0.05, 0.1) is 30.5 Å². The summed E-state index contributed by atoms with van der Waals surface area (Å²) in [5.41, 5.74) is 0.134. The normalized spacial score (nSPS) is 25.7. The standard InChI is InChI=1S/C23H43F2NO2/c1-21(2,3)11-7-8-12-23(24,25)17-26-13-9-18(10-14-26)27-19-15-20(16-19)28-22(4,5)6/h18-20H,7-17H2,1-6H3. The fraction of sp³-hybridized carbons (Fsp3) is 1.00. The maximum atomic E-state index is 14.3. The minimum Gasteiger partial charge on any atom is -0.375 e.